The number of hydrogen-bond acceptors (Lipinski definition) is 2. The Morgan fingerprint density at radius 2 is 1.92 bits per heavy atom. The van der Waals surface area contributed by atoms with Gasteiger partial charge in [0.1, 0.15) is 17.4 Å². The summed E-state index contributed by atoms with van der Waals surface area (Å²) in [6.07, 6.45) is 0. The minimum atomic E-state index is -0.551. The number of anilines is 1. The molecule has 0 aromatic heterocycles. The fourth-order valence-corrected chi connectivity index (χ4v) is 0.887. The molecule has 2 N–H and O–H groups in total. The van der Waals surface area contributed by atoms with E-state index in [2.05, 4.69) is 0 Å². The number of nitrogens with zero attached hydrogens (tertiary/aromatic N) is 1. The molecule has 3 heteroatoms. The maximum atomic E-state index is 12.8. The molecule has 0 saturated heterocycles. The van der Waals surface area contributed by atoms with E-state index in [4.69, 9.17) is 11.0 Å². The van der Waals surface area contributed by atoms with Crippen molar-refractivity contribution >= 4 is 5.69 Å². The minimum Gasteiger partial charge on any atom is -0.398 e. The lowest BCUT2D eigenvalue weighted by Gasteiger charge is -1.99. The van der Waals surface area contributed by atoms with Gasteiger partial charge in [0.05, 0.1) is 5.69 Å². The molecule has 0 spiro atoms. The summed E-state index contributed by atoms with van der Waals surface area (Å²) in [5.74, 6) is -0.551. The molecule has 70 valence electrons. The van der Waals surface area contributed by atoms with Gasteiger partial charge in [0.25, 0.3) is 0 Å². The van der Waals surface area contributed by atoms with Crippen LogP contribution in [0.4, 0.5) is 10.1 Å². The number of nitriles is 1. The third-order valence-electron chi connectivity index (χ3n) is 1.38. The van der Waals surface area contributed by atoms with Crippen LogP contribution in [-0.4, -0.2) is 0 Å². The van der Waals surface area contributed by atoms with Crippen LogP contribution < -0.4 is 5.73 Å². The zero-order valence-corrected chi connectivity index (χ0v) is 8.06. The molecule has 0 aliphatic rings. The molecule has 1 aromatic rings. The predicted octanol–water partition coefficient (Wildman–Crippen LogP) is 2.61. The summed E-state index contributed by atoms with van der Waals surface area (Å²) < 4.78 is 12.8. The van der Waals surface area contributed by atoms with E-state index in [1.807, 2.05) is 13.8 Å². The van der Waals surface area contributed by atoms with Crippen molar-refractivity contribution in [3.05, 3.63) is 29.1 Å². The quantitative estimate of drug-likeness (QED) is 0.624. The van der Waals surface area contributed by atoms with Crippen molar-refractivity contribution < 1.29 is 4.39 Å². The van der Waals surface area contributed by atoms with Crippen molar-refractivity contribution in [1.29, 1.82) is 5.26 Å². The molecule has 0 aliphatic carbocycles. The third-order valence-corrected chi connectivity index (χ3v) is 1.38. The summed E-state index contributed by atoms with van der Waals surface area (Å²) in [5.41, 5.74) is 6.22. The Morgan fingerprint density at radius 3 is 2.31 bits per heavy atom. The summed E-state index contributed by atoms with van der Waals surface area (Å²) in [5, 5.41) is 8.42. The topological polar surface area (TPSA) is 49.8 Å². The summed E-state index contributed by atoms with van der Waals surface area (Å²) in [7, 11) is 0. The summed E-state index contributed by atoms with van der Waals surface area (Å²) in [6.45, 7) is 5.72. The van der Waals surface area contributed by atoms with Crippen molar-refractivity contribution in [2.24, 2.45) is 0 Å². The lowest BCUT2D eigenvalue weighted by atomic mass is 10.1. The number of hydrogen-bond donors (Lipinski definition) is 1. The largest absolute Gasteiger partial charge is 0.398 e. The van der Waals surface area contributed by atoms with E-state index in [1.165, 1.54) is 6.07 Å². The van der Waals surface area contributed by atoms with Crippen LogP contribution >= 0.6 is 0 Å². The number of rotatable bonds is 0. The van der Waals surface area contributed by atoms with E-state index in [1.54, 1.807) is 19.1 Å². The second-order valence-corrected chi connectivity index (χ2v) is 2.32. The van der Waals surface area contributed by atoms with Gasteiger partial charge < -0.3 is 5.73 Å². The molecular formula is C10H13FN2. The lowest BCUT2D eigenvalue weighted by Crippen LogP contribution is -1.94. The van der Waals surface area contributed by atoms with Gasteiger partial charge in [-0.05, 0) is 24.6 Å². The molecule has 13 heavy (non-hydrogen) atoms. The molecule has 0 amide bonds. The first-order valence-corrected chi connectivity index (χ1v) is 4.11. The fourth-order valence-electron chi connectivity index (χ4n) is 0.887. The van der Waals surface area contributed by atoms with Crippen molar-refractivity contribution in [2.75, 3.05) is 5.73 Å². The van der Waals surface area contributed by atoms with Gasteiger partial charge in [0.2, 0.25) is 0 Å². The lowest BCUT2D eigenvalue weighted by molar-refractivity contribution is 0.623. The SMILES string of the molecule is CC.Cc1cc(N)c(C#N)c(F)c1. The van der Waals surface area contributed by atoms with Gasteiger partial charge in [-0.2, -0.15) is 5.26 Å². The highest BCUT2D eigenvalue weighted by Crippen LogP contribution is 2.16. The molecule has 0 saturated carbocycles. The number of nitrogen functional groups attached to an aromatic ring is 1. The zero-order chi connectivity index (χ0) is 10.4. The molecule has 1 aromatic carbocycles. The molecule has 1 rings (SSSR count). The fraction of sp³-hybridized carbons (Fsp3) is 0.300. The van der Waals surface area contributed by atoms with Gasteiger partial charge in [0.15, 0.2) is 0 Å². The Labute approximate surface area is 77.8 Å². The second-order valence-electron chi connectivity index (χ2n) is 2.32. The second kappa shape index (κ2) is 5.15. The first-order chi connectivity index (χ1) is 6.15. The van der Waals surface area contributed by atoms with Gasteiger partial charge >= 0.3 is 0 Å². The molecule has 0 aliphatic heterocycles. The molecule has 0 radical (unpaired) electrons. The van der Waals surface area contributed by atoms with E-state index >= 15 is 0 Å². The Hall–Kier alpha value is -1.56. The van der Waals surface area contributed by atoms with Gasteiger partial charge in [-0.25, -0.2) is 4.39 Å². The van der Waals surface area contributed by atoms with E-state index in [-0.39, 0.29) is 11.3 Å². The average molecular weight is 180 g/mol. The Bertz CT molecular complexity index is 303. The highest BCUT2D eigenvalue weighted by Gasteiger charge is 2.05. The van der Waals surface area contributed by atoms with Gasteiger partial charge in [-0.15, -0.1) is 0 Å². The van der Waals surface area contributed by atoms with Crippen molar-refractivity contribution in [3.8, 4) is 6.07 Å². The van der Waals surface area contributed by atoms with E-state index in [0.29, 0.717) is 0 Å². The Morgan fingerprint density at radius 1 is 1.38 bits per heavy atom. The first kappa shape index (κ1) is 11.4. The predicted molar refractivity (Wildman–Crippen MR) is 51.6 cm³/mol. The first-order valence-electron chi connectivity index (χ1n) is 4.11. The molecule has 2 nitrogen and oxygen atoms in total. The van der Waals surface area contributed by atoms with E-state index in [0.717, 1.165) is 5.56 Å². The number of aryl methyl sites for hydroxylation is 1. The third kappa shape index (κ3) is 2.75. The Balaban J connectivity index is 0.000000671. The number of benzene rings is 1. The monoisotopic (exact) mass is 180 g/mol. The van der Waals surface area contributed by atoms with Crippen LogP contribution in [0.5, 0.6) is 0 Å². The molecule has 0 atom stereocenters. The highest BCUT2D eigenvalue weighted by atomic mass is 19.1. The molecular weight excluding hydrogens is 167 g/mol. The van der Waals surface area contributed by atoms with Crippen LogP contribution in [0.1, 0.15) is 25.0 Å². The van der Waals surface area contributed by atoms with Gasteiger partial charge in [0, 0.05) is 0 Å². The van der Waals surface area contributed by atoms with Crippen molar-refractivity contribution in [2.45, 2.75) is 20.8 Å². The van der Waals surface area contributed by atoms with Crippen LogP contribution in [0.15, 0.2) is 12.1 Å². The van der Waals surface area contributed by atoms with Gasteiger partial charge in [-0.3, -0.25) is 0 Å². The molecule has 0 bridgehead atoms. The molecule has 0 fully saturated rings. The van der Waals surface area contributed by atoms with Crippen LogP contribution in [0.3, 0.4) is 0 Å². The normalized spacial score (nSPS) is 8.23. The standard InChI is InChI=1S/C8H7FN2.C2H6/c1-5-2-7(9)6(4-10)8(11)3-5;1-2/h2-3H,11H2,1H3;1-2H3. The Kier molecular flexibility index (Phi) is 4.53. The van der Waals surface area contributed by atoms with Crippen LogP contribution in [-0.2, 0) is 0 Å². The van der Waals surface area contributed by atoms with Crippen LogP contribution in [0.25, 0.3) is 0 Å². The summed E-state index contributed by atoms with van der Waals surface area (Å²) in [6, 6.07) is 4.55. The summed E-state index contributed by atoms with van der Waals surface area (Å²) >= 11 is 0. The van der Waals surface area contributed by atoms with Crippen molar-refractivity contribution in [1.82, 2.24) is 0 Å². The minimum absolute atomic E-state index is 0.0735. The number of nitrogens with two attached hydrogens (primary N) is 1. The molecule has 0 heterocycles. The summed E-state index contributed by atoms with van der Waals surface area (Å²) in [4.78, 5) is 0. The smallest absolute Gasteiger partial charge is 0.143 e. The average Bonchev–Trinajstić information content (AvgIpc) is 2.07. The van der Waals surface area contributed by atoms with E-state index < -0.39 is 5.82 Å². The van der Waals surface area contributed by atoms with Crippen molar-refractivity contribution in [3.63, 3.8) is 0 Å². The molecule has 0 unspecified atom stereocenters. The van der Waals surface area contributed by atoms with Crippen LogP contribution in [0.2, 0.25) is 0 Å². The highest BCUT2D eigenvalue weighted by molar-refractivity contribution is 5.55. The van der Waals surface area contributed by atoms with Crippen LogP contribution in [0, 0.1) is 24.1 Å². The van der Waals surface area contributed by atoms with Gasteiger partial charge in [-0.1, -0.05) is 13.8 Å². The maximum absolute atomic E-state index is 12.8. The van der Waals surface area contributed by atoms with E-state index in [9.17, 15) is 4.39 Å². The number of halogens is 1. The zero-order valence-electron chi connectivity index (χ0n) is 8.06. The maximum Gasteiger partial charge on any atom is 0.143 e.